The van der Waals surface area contributed by atoms with Crippen LogP contribution in [0.15, 0.2) is 12.1 Å². The Kier molecular flexibility index (Phi) is 4.82. The molecule has 1 rings (SSSR count). The van der Waals surface area contributed by atoms with Crippen molar-refractivity contribution in [2.45, 2.75) is 33.2 Å². The summed E-state index contributed by atoms with van der Waals surface area (Å²) in [4.78, 5) is 2.29. The molecule has 1 aromatic rings. The van der Waals surface area contributed by atoms with E-state index < -0.39 is 0 Å². The van der Waals surface area contributed by atoms with Crippen LogP contribution in [0, 0.1) is 13.8 Å². The Bertz CT molecular complexity index is 377. The third-order valence-corrected chi connectivity index (χ3v) is 3.34. The van der Waals surface area contributed by atoms with Crippen molar-refractivity contribution in [3.05, 3.63) is 23.3 Å². The van der Waals surface area contributed by atoms with Gasteiger partial charge in [0.1, 0.15) is 5.75 Å². The number of benzene rings is 1. The Morgan fingerprint density at radius 3 is 2.47 bits per heavy atom. The van der Waals surface area contributed by atoms with E-state index in [1.54, 1.807) is 7.11 Å². The largest absolute Gasteiger partial charge is 0.496 e. The van der Waals surface area contributed by atoms with E-state index in [1.807, 2.05) is 0 Å². The van der Waals surface area contributed by atoms with E-state index >= 15 is 0 Å². The second kappa shape index (κ2) is 5.92. The number of hydrogen-bond acceptors (Lipinski definition) is 3. The molecule has 0 radical (unpaired) electrons. The highest BCUT2D eigenvalue weighted by atomic mass is 16.5. The van der Waals surface area contributed by atoms with E-state index in [9.17, 15) is 0 Å². The molecule has 0 saturated carbocycles. The first-order valence-electron chi connectivity index (χ1n) is 6.09. The monoisotopic (exact) mass is 236 g/mol. The molecule has 0 amide bonds. The van der Waals surface area contributed by atoms with Crippen LogP contribution in [0.4, 0.5) is 5.69 Å². The van der Waals surface area contributed by atoms with Crippen LogP contribution in [0.25, 0.3) is 0 Å². The summed E-state index contributed by atoms with van der Waals surface area (Å²) in [6, 6.07) is 4.73. The van der Waals surface area contributed by atoms with Crippen molar-refractivity contribution < 1.29 is 4.74 Å². The van der Waals surface area contributed by atoms with E-state index in [-0.39, 0.29) is 0 Å². The number of ether oxygens (including phenoxy) is 1. The molecule has 3 heteroatoms. The van der Waals surface area contributed by atoms with Gasteiger partial charge in [-0.1, -0.05) is 0 Å². The predicted molar refractivity (Wildman–Crippen MR) is 74.0 cm³/mol. The van der Waals surface area contributed by atoms with E-state index in [1.165, 1.54) is 16.8 Å². The number of hydrogen-bond donors (Lipinski definition) is 1. The van der Waals surface area contributed by atoms with Crippen molar-refractivity contribution in [3.8, 4) is 5.75 Å². The van der Waals surface area contributed by atoms with Crippen molar-refractivity contribution in [2.24, 2.45) is 5.73 Å². The normalized spacial score (nSPS) is 12.4. The van der Waals surface area contributed by atoms with Gasteiger partial charge in [0.05, 0.1) is 7.11 Å². The number of anilines is 1. The summed E-state index contributed by atoms with van der Waals surface area (Å²) in [5.74, 6) is 0.950. The first kappa shape index (κ1) is 13.8. The van der Waals surface area contributed by atoms with E-state index in [4.69, 9.17) is 10.5 Å². The van der Waals surface area contributed by atoms with Crippen LogP contribution in [-0.4, -0.2) is 26.7 Å². The fourth-order valence-electron chi connectivity index (χ4n) is 2.05. The Labute approximate surface area is 105 Å². The Morgan fingerprint density at radius 2 is 1.94 bits per heavy atom. The number of methoxy groups -OCH3 is 1. The molecule has 3 nitrogen and oxygen atoms in total. The Morgan fingerprint density at radius 1 is 1.29 bits per heavy atom. The molecule has 0 heterocycles. The number of rotatable bonds is 5. The van der Waals surface area contributed by atoms with Crippen LogP contribution in [0.1, 0.15) is 24.5 Å². The molecular weight excluding hydrogens is 212 g/mol. The highest BCUT2D eigenvalue weighted by Crippen LogP contribution is 2.29. The maximum absolute atomic E-state index is 5.61. The molecule has 2 N–H and O–H groups in total. The van der Waals surface area contributed by atoms with Crippen LogP contribution in [-0.2, 0) is 0 Å². The van der Waals surface area contributed by atoms with Crippen LogP contribution >= 0.6 is 0 Å². The fourth-order valence-corrected chi connectivity index (χ4v) is 2.05. The second-order valence-electron chi connectivity index (χ2n) is 4.65. The fraction of sp³-hybridized carbons (Fsp3) is 0.571. The van der Waals surface area contributed by atoms with Gasteiger partial charge in [-0.15, -0.1) is 0 Å². The lowest BCUT2D eigenvalue weighted by atomic mass is 10.1. The lowest BCUT2D eigenvalue weighted by Crippen LogP contribution is -2.31. The van der Waals surface area contributed by atoms with Crippen LogP contribution in [0.5, 0.6) is 5.75 Å². The zero-order valence-corrected chi connectivity index (χ0v) is 11.6. The van der Waals surface area contributed by atoms with Gasteiger partial charge in [-0.3, -0.25) is 0 Å². The van der Waals surface area contributed by atoms with E-state index in [0.717, 1.165) is 18.7 Å². The minimum atomic E-state index is 0.450. The summed E-state index contributed by atoms with van der Waals surface area (Å²) in [5, 5.41) is 0. The summed E-state index contributed by atoms with van der Waals surface area (Å²) in [6.07, 6.45) is 1.00. The molecule has 0 saturated heterocycles. The van der Waals surface area contributed by atoms with Crippen LogP contribution in [0.3, 0.4) is 0 Å². The summed E-state index contributed by atoms with van der Waals surface area (Å²) >= 11 is 0. The molecule has 0 fully saturated rings. The molecule has 1 atom stereocenters. The van der Waals surface area contributed by atoms with Crippen LogP contribution < -0.4 is 15.4 Å². The molecular formula is C14H24N2O. The van der Waals surface area contributed by atoms with Gasteiger partial charge < -0.3 is 15.4 Å². The number of nitrogens with two attached hydrogens (primary N) is 1. The lowest BCUT2D eigenvalue weighted by Gasteiger charge is -2.29. The van der Waals surface area contributed by atoms with E-state index in [0.29, 0.717) is 6.04 Å². The first-order chi connectivity index (χ1) is 8.01. The molecule has 0 bridgehead atoms. The van der Waals surface area contributed by atoms with Gasteiger partial charge >= 0.3 is 0 Å². The summed E-state index contributed by atoms with van der Waals surface area (Å²) < 4.78 is 5.33. The van der Waals surface area contributed by atoms with Gasteiger partial charge in [0, 0.05) is 18.8 Å². The van der Waals surface area contributed by atoms with Crippen molar-refractivity contribution >= 4 is 5.69 Å². The predicted octanol–water partition coefficient (Wildman–Crippen LogP) is 2.49. The SMILES string of the molecule is COc1cc(C)c(N(C)C(C)CCN)cc1C. The summed E-state index contributed by atoms with van der Waals surface area (Å²) in [7, 11) is 3.83. The minimum Gasteiger partial charge on any atom is -0.496 e. The molecule has 0 aliphatic heterocycles. The zero-order chi connectivity index (χ0) is 13.0. The molecule has 1 aromatic carbocycles. The topological polar surface area (TPSA) is 38.5 Å². The molecule has 0 aliphatic rings. The van der Waals surface area contributed by atoms with Crippen molar-refractivity contribution in [1.29, 1.82) is 0 Å². The first-order valence-corrected chi connectivity index (χ1v) is 6.09. The van der Waals surface area contributed by atoms with Crippen molar-refractivity contribution in [3.63, 3.8) is 0 Å². The third-order valence-electron chi connectivity index (χ3n) is 3.34. The molecule has 0 aliphatic carbocycles. The minimum absolute atomic E-state index is 0.450. The third kappa shape index (κ3) is 3.13. The molecule has 1 unspecified atom stereocenters. The van der Waals surface area contributed by atoms with Gasteiger partial charge in [-0.2, -0.15) is 0 Å². The second-order valence-corrected chi connectivity index (χ2v) is 4.65. The maximum Gasteiger partial charge on any atom is 0.122 e. The van der Waals surface area contributed by atoms with E-state index in [2.05, 4.69) is 44.9 Å². The number of aryl methyl sites for hydroxylation is 2. The molecule has 17 heavy (non-hydrogen) atoms. The Hall–Kier alpha value is -1.22. The quantitative estimate of drug-likeness (QED) is 0.853. The molecule has 0 aromatic heterocycles. The van der Waals surface area contributed by atoms with Gasteiger partial charge in [0.2, 0.25) is 0 Å². The highest BCUT2D eigenvalue weighted by Gasteiger charge is 2.13. The summed E-state index contributed by atoms with van der Waals surface area (Å²) in [6.45, 7) is 7.11. The van der Waals surface area contributed by atoms with Crippen molar-refractivity contribution in [1.82, 2.24) is 0 Å². The summed E-state index contributed by atoms with van der Waals surface area (Å²) in [5.41, 5.74) is 9.27. The van der Waals surface area contributed by atoms with Gasteiger partial charge in [-0.05, 0) is 57.0 Å². The molecule has 0 spiro atoms. The molecule has 96 valence electrons. The standard InChI is InChI=1S/C14H24N2O/c1-10-9-14(17-5)11(2)8-13(10)16(4)12(3)6-7-15/h8-9,12H,6-7,15H2,1-5H3. The average molecular weight is 236 g/mol. The maximum atomic E-state index is 5.61. The van der Waals surface area contributed by atoms with Crippen LogP contribution in [0.2, 0.25) is 0 Å². The Balaban J connectivity index is 3.01. The van der Waals surface area contributed by atoms with Gasteiger partial charge in [0.15, 0.2) is 0 Å². The highest BCUT2D eigenvalue weighted by molar-refractivity contribution is 5.58. The zero-order valence-electron chi connectivity index (χ0n) is 11.6. The average Bonchev–Trinajstić information content (AvgIpc) is 2.31. The number of nitrogens with zero attached hydrogens (tertiary/aromatic N) is 1. The lowest BCUT2D eigenvalue weighted by molar-refractivity contribution is 0.411. The smallest absolute Gasteiger partial charge is 0.122 e. The van der Waals surface area contributed by atoms with Crippen molar-refractivity contribution in [2.75, 3.05) is 25.6 Å². The van der Waals surface area contributed by atoms with Gasteiger partial charge in [-0.25, -0.2) is 0 Å². The van der Waals surface area contributed by atoms with Gasteiger partial charge in [0.25, 0.3) is 0 Å².